The van der Waals surface area contributed by atoms with Crippen LogP contribution in [0, 0.1) is 11.3 Å². The van der Waals surface area contributed by atoms with Crippen molar-refractivity contribution in [3.63, 3.8) is 0 Å². The van der Waals surface area contributed by atoms with Crippen molar-refractivity contribution in [2.45, 2.75) is 25.8 Å². The van der Waals surface area contributed by atoms with Crippen molar-refractivity contribution in [1.29, 1.82) is 5.26 Å². The Morgan fingerprint density at radius 3 is 2.85 bits per heavy atom. The van der Waals surface area contributed by atoms with Gasteiger partial charge in [-0.3, -0.25) is 4.79 Å². The summed E-state index contributed by atoms with van der Waals surface area (Å²) in [5.41, 5.74) is 3.48. The van der Waals surface area contributed by atoms with E-state index in [0.717, 1.165) is 29.5 Å². The number of nitrogens with zero attached hydrogens (tertiary/aromatic N) is 2. The van der Waals surface area contributed by atoms with Crippen LogP contribution in [0.4, 0.5) is 0 Å². The highest BCUT2D eigenvalue weighted by molar-refractivity contribution is 6.31. The first-order valence-corrected chi connectivity index (χ1v) is 6.95. The fourth-order valence-electron chi connectivity index (χ4n) is 2.61. The minimum absolute atomic E-state index is 0.232. The van der Waals surface area contributed by atoms with E-state index in [2.05, 4.69) is 6.07 Å². The first kappa shape index (κ1) is 13.0. The summed E-state index contributed by atoms with van der Waals surface area (Å²) in [6.07, 6.45) is 6.49. The van der Waals surface area contributed by atoms with E-state index in [1.807, 2.05) is 23.0 Å². The van der Waals surface area contributed by atoms with Crippen LogP contribution in [0.15, 0.2) is 30.6 Å². The Bertz CT molecular complexity index is 725. The van der Waals surface area contributed by atoms with Gasteiger partial charge in [-0.05, 0) is 36.1 Å². The highest BCUT2D eigenvalue weighted by atomic mass is 35.5. The smallest absolute Gasteiger partial charge is 0.164 e. The lowest BCUT2D eigenvalue weighted by Gasteiger charge is -2.07. The maximum Gasteiger partial charge on any atom is 0.164 e. The molecule has 4 heteroatoms. The summed E-state index contributed by atoms with van der Waals surface area (Å²) in [6, 6.07) is 7.36. The van der Waals surface area contributed by atoms with Gasteiger partial charge in [-0.2, -0.15) is 5.26 Å². The zero-order valence-corrected chi connectivity index (χ0v) is 11.7. The summed E-state index contributed by atoms with van der Waals surface area (Å²) in [7, 11) is 0. The lowest BCUT2D eigenvalue weighted by molar-refractivity contribution is 0.0973. The average Bonchev–Trinajstić information content (AvgIpc) is 2.85. The fraction of sp³-hybridized carbons (Fsp3) is 0.250. The van der Waals surface area contributed by atoms with Crippen LogP contribution in [0.3, 0.4) is 0 Å². The van der Waals surface area contributed by atoms with Gasteiger partial charge in [0.05, 0.1) is 11.6 Å². The van der Waals surface area contributed by atoms with E-state index in [-0.39, 0.29) is 5.78 Å². The van der Waals surface area contributed by atoms with Gasteiger partial charge < -0.3 is 4.57 Å². The lowest BCUT2D eigenvalue weighted by Crippen LogP contribution is -2.07. The molecule has 0 atom stereocenters. The zero-order chi connectivity index (χ0) is 14.1. The molecule has 0 fully saturated rings. The molecule has 0 spiro atoms. The van der Waals surface area contributed by atoms with Crippen molar-refractivity contribution in [3.05, 3.63) is 57.9 Å². The van der Waals surface area contributed by atoms with Crippen LogP contribution in [-0.2, 0) is 13.0 Å². The maximum absolute atomic E-state index is 11.8. The van der Waals surface area contributed by atoms with Crippen LogP contribution in [0.5, 0.6) is 0 Å². The van der Waals surface area contributed by atoms with Gasteiger partial charge in [-0.15, -0.1) is 0 Å². The van der Waals surface area contributed by atoms with E-state index in [0.29, 0.717) is 23.6 Å². The number of nitriles is 1. The molecule has 0 amide bonds. The molecule has 1 aliphatic rings. The van der Waals surface area contributed by atoms with Crippen LogP contribution >= 0.6 is 11.6 Å². The molecule has 1 heterocycles. The number of fused-ring (bicyclic) bond motifs is 1. The molecule has 1 aromatic heterocycles. The van der Waals surface area contributed by atoms with Crippen molar-refractivity contribution < 1.29 is 4.79 Å². The second-order valence-corrected chi connectivity index (χ2v) is 5.47. The quantitative estimate of drug-likeness (QED) is 0.846. The molecule has 100 valence electrons. The number of ketones is 1. The summed E-state index contributed by atoms with van der Waals surface area (Å²) in [5, 5.41) is 9.42. The molecule has 0 radical (unpaired) electrons. The number of halogens is 1. The SMILES string of the molecule is N#Cc1ccc(Cn2cc3c(c2)C(=O)CCC3)c(Cl)c1. The number of hydrogen-bond donors (Lipinski definition) is 0. The van der Waals surface area contributed by atoms with Crippen LogP contribution in [0.2, 0.25) is 5.02 Å². The van der Waals surface area contributed by atoms with Gasteiger partial charge in [-0.25, -0.2) is 0 Å². The third kappa shape index (κ3) is 2.35. The summed E-state index contributed by atoms with van der Waals surface area (Å²) in [4.78, 5) is 11.8. The maximum atomic E-state index is 11.8. The summed E-state index contributed by atoms with van der Waals surface area (Å²) < 4.78 is 2.00. The van der Waals surface area contributed by atoms with E-state index >= 15 is 0 Å². The summed E-state index contributed by atoms with van der Waals surface area (Å²) in [6.45, 7) is 0.616. The average molecular weight is 285 g/mol. The Morgan fingerprint density at radius 2 is 2.15 bits per heavy atom. The second kappa shape index (κ2) is 5.15. The fourth-order valence-corrected chi connectivity index (χ4v) is 2.85. The van der Waals surface area contributed by atoms with E-state index in [1.54, 1.807) is 12.1 Å². The molecular weight excluding hydrogens is 272 g/mol. The molecule has 0 unspecified atom stereocenters. The monoisotopic (exact) mass is 284 g/mol. The van der Waals surface area contributed by atoms with Gasteiger partial charge in [0.2, 0.25) is 0 Å². The molecule has 3 nitrogen and oxygen atoms in total. The molecule has 0 saturated heterocycles. The van der Waals surface area contributed by atoms with Gasteiger partial charge in [-0.1, -0.05) is 17.7 Å². The van der Waals surface area contributed by atoms with Crippen LogP contribution in [0.1, 0.15) is 39.9 Å². The van der Waals surface area contributed by atoms with Crippen molar-refractivity contribution in [2.24, 2.45) is 0 Å². The molecule has 0 bridgehead atoms. The van der Waals surface area contributed by atoms with Gasteiger partial charge in [0.1, 0.15) is 0 Å². The number of aromatic nitrogens is 1. The van der Waals surface area contributed by atoms with Crippen molar-refractivity contribution in [3.8, 4) is 6.07 Å². The third-order valence-electron chi connectivity index (χ3n) is 3.65. The Labute approximate surface area is 122 Å². The molecule has 3 rings (SSSR count). The molecule has 0 N–H and O–H groups in total. The highest BCUT2D eigenvalue weighted by Gasteiger charge is 2.19. The van der Waals surface area contributed by atoms with Crippen LogP contribution in [-0.4, -0.2) is 10.4 Å². The molecule has 2 aromatic rings. The molecule has 0 saturated carbocycles. The van der Waals surface area contributed by atoms with Crippen molar-refractivity contribution in [1.82, 2.24) is 4.57 Å². The van der Waals surface area contributed by atoms with Crippen molar-refractivity contribution in [2.75, 3.05) is 0 Å². The predicted octanol–water partition coefficient (Wildman–Crippen LogP) is 3.58. The minimum Gasteiger partial charge on any atom is -0.349 e. The molecule has 0 aliphatic heterocycles. The topological polar surface area (TPSA) is 45.8 Å². The summed E-state index contributed by atoms with van der Waals surface area (Å²) in [5.74, 6) is 0.232. The number of Topliss-reactive ketones (excluding diaryl/α,β-unsaturated/α-hetero) is 1. The van der Waals surface area contributed by atoms with Crippen molar-refractivity contribution >= 4 is 17.4 Å². The van der Waals surface area contributed by atoms with E-state index in [9.17, 15) is 4.79 Å². The molecule has 20 heavy (non-hydrogen) atoms. The first-order valence-electron chi connectivity index (χ1n) is 6.58. The standard InChI is InChI=1S/C16H13ClN2O/c17-15-6-11(7-18)4-5-13(15)9-19-8-12-2-1-3-16(20)14(12)10-19/h4-6,8,10H,1-3,9H2. The minimum atomic E-state index is 0.232. The van der Waals surface area contributed by atoms with E-state index in [4.69, 9.17) is 16.9 Å². The zero-order valence-electron chi connectivity index (χ0n) is 10.9. The number of carbonyl (C=O) groups is 1. The number of benzene rings is 1. The molecule has 1 aromatic carbocycles. The molecule has 1 aliphatic carbocycles. The molecular formula is C16H13ClN2O. The number of aryl methyl sites for hydroxylation is 1. The van der Waals surface area contributed by atoms with Gasteiger partial charge >= 0.3 is 0 Å². The van der Waals surface area contributed by atoms with E-state index in [1.165, 1.54) is 0 Å². The van der Waals surface area contributed by atoms with Crippen LogP contribution < -0.4 is 0 Å². The number of hydrogen-bond acceptors (Lipinski definition) is 2. The third-order valence-corrected chi connectivity index (χ3v) is 4.00. The van der Waals surface area contributed by atoms with Gasteiger partial charge in [0.25, 0.3) is 0 Å². The Balaban J connectivity index is 1.89. The Kier molecular flexibility index (Phi) is 3.33. The van der Waals surface area contributed by atoms with E-state index < -0.39 is 0 Å². The van der Waals surface area contributed by atoms with Gasteiger partial charge in [0.15, 0.2) is 5.78 Å². The number of rotatable bonds is 2. The lowest BCUT2D eigenvalue weighted by atomic mass is 9.95. The van der Waals surface area contributed by atoms with Crippen LogP contribution in [0.25, 0.3) is 0 Å². The normalized spacial score (nSPS) is 13.9. The highest BCUT2D eigenvalue weighted by Crippen LogP contribution is 2.24. The Hall–Kier alpha value is -2.05. The number of carbonyl (C=O) groups excluding carboxylic acids is 1. The summed E-state index contributed by atoms with van der Waals surface area (Å²) >= 11 is 6.18. The largest absolute Gasteiger partial charge is 0.349 e. The second-order valence-electron chi connectivity index (χ2n) is 5.06. The Morgan fingerprint density at radius 1 is 1.30 bits per heavy atom. The van der Waals surface area contributed by atoms with Gasteiger partial charge in [0, 0.05) is 35.9 Å². The predicted molar refractivity (Wildman–Crippen MR) is 77.0 cm³/mol. The first-order chi connectivity index (χ1) is 9.67.